The van der Waals surface area contributed by atoms with Crippen molar-refractivity contribution in [2.75, 3.05) is 0 Å². The molecule has 0 aliphatic heterocycles. The zero-order chi connectivity index (χ0) is 40.1. The molecule has 0 atom stereocenters. The summed E-state index contributed by atoms with van der Waals surface area (Å²) in [6, 6.07) is 16.2. The molecule has 5 rings (SSSR count). The molecule has 0 saturated heterocycles. The molecule has 0 aromatic heterocycles. The van der Waals surface area contributed by atoms with Crippen molar-refractivity contribution in [3.8, 4) is 48.6 Å². The van der Waals surface area contributed by atoms with Gasteiger partial charge in [0, 0.05) is 33.4 Å². The SMILES string of the molecule is N#CC(C#N)=C1C(c2ccc(C#N)c(C(F)(F)F)c2)=C(C#N)c2c1cc1c(c2C#N)C(C#N)=C(c2ccc(C(F)(F)F)c(C(F)(F)F)c2)C1=C(C#N)C#N. The Morgan fingerprint density at radius 3 is 1.20 bits per heavy atom. The second-order valence-corrected chi connectivity index (χ2v) is 11.0. The van der Waals surface area contributed by atoms with Crippen LogP contribution in [-0.4, -0.2) is 0 Å². The summed E-state index contributed by atoms with van der Waals surface area (Å²) in [6.45, 7) is 0. The average Bonchev–Trinajstić information content (AvgIpc) is 3.62. The van der Waals surface area contributed by atoms with E-state index < -0.39 is 124 Å². The van der Waals surface area contributed by atoms with Crippen LogP contribution in [0.2, 0.25) is 0 Å². The second kappa shape index (κ2) is 12.9. The van der Waals surface area contributed by atoms with Crippen LogP contribution in [0.3, 0.4) is 0 Å². The van der Waals surface area contributed by atoms with Gasteiger partial charge in [-0.3, -0.25) is 0 Å². The maximum atomic E-state index is 14.0. The van der Waals surface area contributed by atoms with Crippen LogP contribution in [0.4, 0.5) is 39.5 Å². The van der Waals surface area contributed by atoms with Gasteiger partial charge in [0.1, 0.15) is 53.6 Å². The maximum Gasteiger partial charge on any atom is 0.417 e. The van der Waals surface area contributed by atoms with Crippen molar-refractivity contribution in [1.29, 1.82) is 42.1 Å². The van der Waals surface area contributed by atoms with Gasteiger partial charge in [-0.05, 0) is 52.6 Å². The molecule has 0 saturated carbocycles. The van der Waals surface area contributed by atoms with E-state index >= 15 is 0 Å². The molecular formula is C37H7F9N8. The standard InChI is InChI=1S/C37H7F9N8/c38-35(39,40)26-4-3-17(6-28(26)37(44,45)46)30-24(14-53)34-22(32(30)20(11-50)12-51)7-21-31(19(9-48)10-49)29(23(13-52)33(21)25(34)15-54)16-1-2-18(8-47)27(5-16)36(41,42)43/h1-7H. The molecule has 3 aromatic carbocycles. The summed E-state index contributed by atoms with van der Waals surface area (Å²) < 4.78 is 125. The summed E-state index contributed by atoms with van der Waals surface area (Å²) in [5, 5.41) is 80.3. The summed E-state index contributed by atoms with van der Waals surface area (Å²) in [5.74, 6) is 0. The third-order valence-electron chi connectivity index (χ3n) is 8.30. The lowest BCUT2D eigenvalue weighted by molar-refractivity contribution is -0.162. The highest BCUT2D eigenvalue weighted by Gasteiger charge is 2.45. The van der Waals surface area contributed by atoms with Crippen molar-refractivity contribution in [3.63, 3.8) is 0 Å². The van der Waals surface area contributed by atoms with E-state index in [1.54, 1.807) is 18.2 Å². The number of hydrogen-bond donors (Lipinski definition) is 0. The predicted octanol–water partition coefficient (Wildman–Crippen LogP) is 8.98. The van der Waals surface area contributed by atoms with Crippen molar-refractivity contribution in [3.05, 3.63) is 115 Å². The Hall–Kier alpha value is -8.09. The Bertz CT molecular complexity index is 2720. The number of nitrogens with zero attached hydrogens (tertiary/aromatic N) is 8. The number of rotatable bonds is 2. The highest BCUT2D eigenvalue weighted by molar-refractivity contribution is 6.31. The lowest BCUT2D eigenvalue weighted by Crippen LogP contribution is -2.16. The first-order valence-electron chi connectivity index (χ1n) is 14.3. The normalized spacial score (nSPS) is 13.3. The smallest absolute Gasteiger partial charge is 0.192 e. The summed E-state index contributed by atoms with van der Waals surface area (Å²) in [5.41, 5.74) is -15.9. The van der Waals surface area contributed by atoms with Gasteiger partial charge < -0.3 is 0 Å². The number of benzene rings is 3. The van der Waals surface area contributed by atoms with Crippen LogP contribution in [-0.2, 0) is 18.5 Å². The van der Waals surface area contributed by atoms with E-state index in [4.69, 9.17) is 0 Å². The molecule has 0 fully saturated rings. The van der Waals surface area contributed by atoms with Crippen LogP contribution in [0.5, 0.6) is 0 Å². The third-order valence-corrected chi connectivity index (χ3v) is 8.30. The fourth-order valence-corrected chi connectivity index (χ4v) is 6.28. The summed E-state index contributed by atoms with van der Waals surface area (Å²) in [4.78, 5) is 0. The average molecular weight is 735 g/mol. The topological polar surface area (TPSA) is 190 Å². The Kier molecular flexibility index (Phi) is 8.88. The molecule has 0 bridgehead atoms. The Morgan fingerprint density at radius 1 is 0.444 bits per heavy atom. The molecule has 17 heteroatoms. The number of hydrogen-bond acceptors (Lipinski definition) is 8. The Morgan fingerprint density at radius 2 is 0.852 bits per heavy atom. The molecule has 258 valence electrons. The van der Waals surface area contributed by atoms with Gasteiger partial charge in [-0.1, -0.05) is 12.1 Å². The second-order valence-electron chi connectivity index (χ2n) is 11.0. The number of alkyl halides is 9. The fraction of sp³-hybridized carbons (Fsp3) is 0.0811. The number of halogens is 9. The molecule has 0 N–H and O–H groups in total. The first-order chi connectivity index (χ1) is 25.4. The van der Waals surface area contributed by atoms with Crippen LogP contribution >= 0.6 is 0 Å². The lowest BCUT2D eigenvalue weighted by Gasteiger charge is -2.18. The van der Waals surface area contributed by atoms with Crippen molar-refractivity contribution >= 4 is 33.4 Å². The zero-order valence-electron chi connectivity index (χ0n) is 26.0. The van der Waals surface area contributed by atoms with Gasteiger partial charge in [0.05, 0.1) is 45.0 Å². The first kappa shape index (κ1) is 37.2. The minimum Gasteiger partial charge on any atom is -0.192 e. The van der Waals surface area contributed by atoms with Crippen molar-refractivity contribution in [2.45, 2.75) is 18.5 Å². The molecular weight excluding hydrogens is 727 g/mol. The monoisotopic (exact) mass is 734 g/mol. The number of nitriles is 8. The molecule has 54 heavy (non-hydrogen) atoms. The van der Waals surface area contributed by atoms with Crippen LogP contribution in [0, 0.1) is 90.6 Å². The summed E-state index contributed by atoms with van der Waals surface area (Å²) >= 11 is 0. The minimum absolute atomic E-state index is 0.0319. The Balaban J connectivity index is 2.02. The van der Waals surface area contributed by atoms with Gasteiger partial charge in [0.2, 0.25) is 0 Å². The summed E-state index contributed by atoms with van der Waals surface area (Å²) in [6.07, 6.45) is -16.3. The van der Waals surface area contributed by atoms with Crippen LogP contribution in [0.25, 0.3) is 33.4 Å². The number of fused-ring (bicyclic) bond motifs is 2. The van der Waals surface area contributed by atoms with E-state index in [9.17, 15) is 81.6 Å². The third kappa shape index (κ3) is 5.62. The zero-order valence-corrected chi connectivity index (χ0v) is 26.0. The molecule has 0 spiro atoms. The number of allylic oxidation sites excluding steroid dienone is 8. The lowest BCUT2D eigenvalue weighted by atomic mass is 9.86. The first-order valence-corrected chi connectivity index (χ1v) is 14.3. The minimum atomic E-state index is -5.62. The van der Waals surface area contributed by atoms with E-state index in [1.165, 1.54) is 30.3 Å². The van der Waals surface area contributed by atoms with Crippen LogP contribution in [0.15, 0.2) is 53.6 Å². The molecule has 0 unspecified atom stereocenters. The van der Waals surface area contributed by atoms with Crippen molar-refractivity contribution in [1.82, 2.24) is 0 Å². The quantitative estimate of drug-likeness (QED) is 0.184. The van der Waals surface area contributed by atoms with E-state index in [0.717, 1.165) is 18.2 Å². The van der Waals surface area contributed by atoms with Crippen LogP contribution in [0.1, 0.15) is 61.2 Å². The van der Waals surface area contributed by atoms with E-state index in [-0.39, 0.29) is 12.1 Å². The molecule has 0 radical (unpaired) electrons. The molecule has 2 aliphatic carbocycles. The van der Waals surface area contributed by atoms with Gasteiger partial charge in [0.25, 0.3) is 0 Å². The van der Waals surface area contributed by atoms with Gasteiger partial charge in [0.15, 0.2) is 0 Å². The molecule has 0 amide bonds. The van der Waals surface area contributed by atoms with Crippen molar-refractivity contribution < 1.29 is 39.5 Å². The molecule has 2 aliphatic rings. The highest BCUT2D eigenvalue weighted by atomic mass is 19.4. The summed E-state index contributed by atoms with van der Waals surface area (Å²) in [7, 11) is 0. The molecule has 8 nitrogen and oxygen atoms in total. The van der Waals surface area contributed by atoms with E-state index in [0.29, 0.717) is 12.1 Å². The fourth-order valence-electron chi connectivity index (χ4n) is 6.28. The maximum absolute atomic E-state index is 14.0. The van der Waals surface area contributed by atoms with Gasteiger partial charge in [-0.2, -0.15) is 81.6 Å². The van der Waals surface area contributed by atoms with Gasteiger partial charge in [-0.15, -0.1) is 0 Å². The molecule has 0 heterocycles. The van der Waals surface area contributed by atoms with Gasteiger partial charge >= 0.3 is 18.5 Å². The highest BCUT2D eigenvalue weighted by Crippen LogP contribution is 2.57. The molecule has 3 aromatic rings. The van der Waals surface area contributed by atoms with E-state index in [2.05, 4.69) is 0 Å². The Labute approximate surface area is 296 Å². The van der Waals surface area contributed by atoms with Crippen LogP contribution < -0.4 is 0 Å². The largest absolute Gasteiger partial charge is 0.417 e. The van der Waals surface area contributed by atoms with Crippen molar-refractivity contribution in [2.24, 2.45) is 0 Å². The van der Waals surface area contributed by atoms with Gasteiger partial charge in [-0.25, -0.2) is 0 Å². The van der Waals surface area contributed by atoms with E-state index in [1.807, 2.05) is 0 Å². The predicted molar refractivity (Wildman–Crippen MR) is 165 cm³/mol.